The highest BCUT2D eigenvalue weighted by molar-refractivity contribution is 7.17. The zero-order valence-electron chi connectivity index (χ0n) is 15.1. The van der Waals surface area contributed by atoms with E-state index in [2.05, 4.69) is 5.32 Å². The van der Waals surface area contributed by atoms with Gasteiger partial charge in [0.15, 0.2) is 0 Å². The Morgan fingerprint density at radius 1 is 1.15 bits per heavy atom. The topological polar surface area (TPSA) is 64.6 Å². The van der Waals surface area contributed by atoms with Crippen LogP contribution in [0.25, 0.3) is 0 Å². The van der Waals surface area contributed by atoms with Gasteiger partial charge in [-0.2, -0.15) is 0 Å². The number of fused-ring (bicyclic) bond motifs is 1. The molecule has 3 rings (SSSR count). The number of amides is 1. The number of hydrogen-bond donors (Lipinski definition) is 1. The third-order valence-electron chi connectivity index (χ3n) is 4.41. The van der Waals surface area contributed by atoms with Crippen LogP contribution in [0.2, 0.25) is 0 Å². The van der Waals surface area contributed by atoms with Crippen molar-refractivity contribution in [3.8, 4) is 5.75 Å². The van der Waals surface area contributed by atoms with Crippen LogP contribution in [0, 0.1) is 0 Å². The fourth-order valence-electron chi connectivity index (χ4n) is 3.20. The van der Waals surface area contributed by atoms with Crippen molar-refractivity contribution in [1.29, 1.82) is 0 Å². The van der Waals surface area contributed by atoms with E-state index >= 15 is 0 Å². The molecule has 1 heterocycles. The van der Waals surface area contributed by atoms with Gasteiger partial charge in [0.25, 0.3) is 0 Å². The predicted molar refractivity (Wildman–Crippen MR) is 102 cm³/mol. The number of ether oxygens (including phenoxy) is 2. The molecule has 0 fully saturated rings. The summed E-state index contributed by atoms with van der Waals surface area (Å²) >= 11 is 1.50. The van der Waals surface area contributed by atoms with Crippen molar-refractivity contribution in [2.24, 2.45) is 0 Å². The van der Waals surface area contributed by atoms with Gasteiger partial charge in [-0.1, -0.05) is 12.1 Å². The Bertz CT molecular complexity index is 795. The fraction of sp³-hybridized carbons (Fsp3) is 0.400. The third-order valence-corrected chi connectivity index (χ3v) is 5.62. The minimum atomic E-state index is -0.374. The van der Waals surface area contributed by atoms with Crippen molar-refractivity contribution in [2.45, 2.75) is 39.0 Å². The number of aryl methyl sites for hydroxylation is 1. The van der Waals surface area contributed by atoms with Crippen LogP contribution in [0.3, 0.4) is 0 Å². The summed E-state index contributed by atoms with van der Waals surface area (Å²) in [7, 11) is 1.38. The Morgan fingerprint density at radius 2 is 1.88 bits per heavy atom. The first-order valence-electron chi connectivity index (χ1n) is 8.86. The maximum atomic E-state index is 12.5. The molecule has 0 bridgehead atoms. The van der Waals surface area contributed by atoms with Crippen molar-refractivity contribution < 1.29 is 19.1 Å². The Balaban J connectivity index is 1.74. The van der Waals surface area contributed by atoms with E-state index in [0.29, 0.717) is 17.2 Å². The number of rotatable bonds is 6. The molecule has 1 aromatic heterocycles. The van der Waals surface area contributed by atoms with E-state index < -0.39 is 0 Å². The van der Waals surface area contributed by atoms with E-state index in [-0.39, 0.29) is 18.3 Å². The van der Waals surface area contributed by atoms with Gasteiger partial charge in [0, 0.05) is 4.88 Å². The number of hydrogen-bond acceptors (Lipinski definition) is 5. The van der Waals surface area contributed by atoms with Gasteiger partial charge in [0.2, 0.25) is 5.91 Å². The normalized spacial score (nSPS) is 13.0. The minimum absolute atomic E-state index is 0.141. The molecule has 1 N–H and O–H groups in total. The number of carbonyl (C=O) groups excluding carboxylic acids is 2. The maximum absolute atomic E-state index is 12.5. The van der Waals surface area contributed by atoms with Gasteiger partial charge in [0.05, 0.1) is 25.7 Å². The Kier molecular flexibility index (Phi) is 5.93. The summed E-state index contributed by atoms with van der Waals surface area (Å²) in [6, 6.07) is 7.47. The largest absolute Gasteiger partial charge is 0.494 e. The fourth-order valence-corrected chi connectivity index (χ4v) is 4.49. The number of benzene rings is 1. The van der Waals surface area contributed by atoms with Crippen molar-refractivity contribution in [2.75, 3.05) is 19.0 Å². The molecule has 2 aromatic rings. The Morgan fingerprint density at radius 3 is 2.58 bits per heavy atom. The van der Waals surface area contributed by atoms with E-state index in [1.807, 2.05) is 31.2 Å². The van der Waals surface area contributed by atoms with Crippen molar-refractivity contribution in [3.05, 3.63) is 45.8 Å². The molecule has 0 spiro atoms. The summed E-state index contributed by atoms with van der Waals surface area (Å²) in [4.78, 5) is 25.9. The lowest BCUT2D eigenvalue weighted by Crippen LogP contribution is -2.16. The van der Waals surface area contributed by atoms with Gasteiger partial charge in [-0.15, -0.1) is 11.3 Å². The van der Waals surface area contributed by atoms with Gasteiger partial charge >= 0.3 is 5.97 Å². The van der Waals surface area contributed by atoms with E-state index in [1.54, 1.807) is 0 Å². The molecule has 0 saturated heterocycles. The molecular weight excluding hydrogens is 350 g/mol. The number of methoxy groups -OCH3 is 1. The maximum Gasteiger partial charge on any atom is 0.341 e. The predicted octanol–water partition coefficient (Wildman–Crippen LogP) is 3.99. The lowest BCUT2D eigenvalue weighted by atomic mass is 9.95. The highest BCUT2D eigenvalue weighted by atomic mass is 32.1. The summed E-state index contributed by atoms with van der Waals surface area (Å²) in [5.41, 5.74) is 2.48. The lowest BCUT2D eigenvalue weighted by Gasteiger charge is -2.11. The third kappa shape index (κ3) is 4.07. The summed E-state index contributed by atoms with van der Waals surface area (Å²) in [5.74, 6) is 0.272. The standard InChI is InChI=1S/C20H23NO4S/c1-3-25-14-10-8-13(9-11-14)12-17(22)21-19-18(20(23)24-2)15-6-4-5-7-16(15)26-19/h8-11H,3-7,12H2,1-2H3,(H,21,22). The van der Waals surface area contributed by atoms with Crippen LogP contribution in [-0.2, 0) is 28.8 Å². The summed E-state index contributed by atoms with van der Waals surface area (Å²) in [5, 5.41) is 3.53. The second kappa shape index (κ2) is 8.36. The molecule has 0 atom stereocenters. The van der Waals surface area contributed by atoms with Crippen LogP contribution in [0.15, 0.2) is 24.3 Å². The molecule has 1 aromatic carbocycles. The van der Waals surface area contributed by atoms with Gasteiger partial charge in [-0.3, -0.25) is 4.79 Å². The Hall–Kier alpha value is -2.34. The molecule has 1 aliphatic rings. The molecule has 1 amide bonds. The minimum Gasteiger partial charge on any atom is -0.494 e. The quantitative estimate of drug-likeness (QED) is 0.778. The van der Waals surface area contributed by atoms with Crippen LogP contribution < -0.4 is 10.1 Å². The van der Waals surface area contributed by atoms with E-state index in [4.69, 9.17) is 9.47 Å². The van der Waals surface area contributed by atoms with E-state index in [9.17, 15) is 9.59 Å². The average molecular weight is 373 g/mol. The smallest absolute Gasteiger partial charge is 0.341 e. The molecule has 26 heavy (non-hydrogen) atoms. The first-order valence-corrected chi connectivity index (χ1v) is 9.68. The number of esters is 1. The summed E-state index contributed by atoms with van der Waals surface area (Å²) in [6.45, 7) is 2.54. The van der Waals surface area contributed by atoms with Gasteiger partial charge in [0.1, 0.15) is 10.8 Å². The SMILES string of the molecule is CCOc1ccc(CC(=O)Nc2sc3c(c2C(=O)OC)CCCC3)cc1. The van der Waals surface area contributed by atoms with Crippen molar-refractivity contribution >= 4 is 28.2 Å². The van der Waals surface area contributed by atoms with Crippen LogP contribution in [-0.4, -0.2) is 25.6 Å². The summed E-state index contributed by atoms with van der Waals surface area (Å²) in [6.07, 6.45) is 4.25. The monoisotopic (exact) mass is 373 g/mol. The molecule has 1 aliphatic carbocycles. The number of nitrogens with one attached hydrogen (secondary N) is 1. The summed E-state index contributed by atoms with van der Waals surface area (Å²) < 4.78 is 10.4. The molecular formula is C20H23NO4S. The second-order valence-corrected chi connectivity index (χ2v) is 7.31. The van der Waals surface area contributed by atoms with E-state index in [0.717, 1.165) is 42.6 Å². The molecule has 0 unspecified atom stereocenters. The lowest BCUT2D eigenvalue weighted by molar-refractivity contribution is -0.115. The molecule has 6 heteroatoms. The highest BCUT2D eigenvalue weighted by Crippen LogP contribution is 2.38. The molecule has 0 aliphatic heterocycles. The van der Waals surface area contributed by atoms with Gasteiger partial charge in [-0.25, -0.2) is 4.79 Å². The molecule has 5 nitrogen and oxygen atoms in total. The van der Waals surface area contributed by atoms with Crippen LogP contribution in [0.5, 0.6) is 5.75 Å². The first-order chi connectivity index (χ1) is 12.6. The van der Waals surface area contributed by atoms with Crippen molar-refractivity contribution in [3.63, 3.8) is 0 Å². The molecule has 0 saturated carbocycles. The number of thiophene rings is 1. The van der Waals surface area contributed by atoms with Gasteiger partial charge in [-0.05, 0) is 55.9 Å². The zero-order valence-corrected chi connectivity index (χ0v) is 15.9. The molecule has 138 valence electrons. The highest BCUT2D eigenvalue weighted by Gasteiger charge is 2.26. The average Bonchev–Trinajstić information content (AvgIpc) is 3.00. The van der Waals surface area contributed by atoms with Crippen LogP contribution >= 0.6 is 11.3 Å². The van der Waals surface area contributed by atoms with E-state index in [1.165, 1.54) is 23.3 Å². The first kappa shape index (κ1) is 18.5. The van der Waals surface area contributed by atoms with Crippen LogP contribution in [0.4, 0.5) is 5.00 Å². The number of carbonyl (C=O) groups is 2. The number of anilines is 1. The van der Waals surface area contributed by atoms with Gasteiger partial charge < -0.3 is 14.8 Å². The van der Waals surface area contributed by atoms with Crippen LogP contribution in [0.1, 0.15) is 46.1 Å². The Labute approximate surface area is 157 Å². The molecule has 0 radical (unpaired) electrons. The van der Waals surface area contributed by atoms with Crippen molar-refractivity contribution in [1.82, 2.24) is 0 Å². The zero-order chi connectivity index (χ0) is 18.5. The second-order valence-electron chi connectivity index (χ2n) is 6.21.